The zero-order chi connectivity index (χ0) is 27.6. The lowest BCUT2D eigenvalue weighted by molar-refractivity contribution is -0.129. The van der Waals surface area contributed by atoms with Crippen molar-refractivity contribution >= 4 is 34.2 Å². The Morgan fingerprint density at radius 3 is 2.55 bits per heavy atom. The maximum Gasteiger partial charge on any atom is 0.322 e. The Bertz CT molecular complexity index is 1670. The van der Waals surface area contributed by atoms with Crippen LogP contribution in [0, 0.1) is 11.3 Å². The minimum absolute atomic E-state index is 0.110. The van der Waals surface area contributed by atoms with Gasteiger partial charge in [0.25, 0.3) is 0 Å². The molecule has 200 valence electrons. The van der Waals surface area contributed by atoms with Crippen LogP contribution in [-0.2, 0) is 24.5 Å². The highest BCUT2D eigenvalue weighted by Crippen LogP contribution is 2.36. The van der Waals surface area contributed by atoms with Crippen LogP contribution in [0.4, 0.5) is 10.5 Å². The third-order valence-electron chi connectivity index (χ3n) is 7.66. The Morgan fingerprint density at radius 1 is 1.05 bits per heavy atom. The summed E-state index contributed by atoms with van der Waals surface area (Å²) in [6.07, 6.45) is 4.29. The monoisotopic (exact) mass is 532 g/mol. The number of carbonyl (C=O) groups is 2. The molecule has 0 fully saturated rings. The molecule has 3 amide bonds. The van der Waals surface area contributed by atoms with E-state index in [1.54, 1.807) is 16.0 Å². The summed E-state index contributed by atoms with van der Waals surface area (Å²) in [4.78, 5) is 36.6. The summed E-state index contributed by atoms with van der Waals surface area (Å²) in [5.41, 5.74) is 7.91. The fourth-order valence-corrected chi connectivity index (χ4v) is 5.55. The number of aromatic amines is 1. The van der Waals surface area contributed by atoms with Gasteiger partial charge in [-0.25, -0.2) is 9.78 Å². The molecule has 0 bridgehead atoms. The Balaban J connectivity index is 1.27. The predicted molar refractivity (Wildman–Crippen MR) is 152 cm³/mol. The second kappa shape index (κ2) is 10.7. The number of urea groups is 1. The van der Waals surface area contributed by atoms with Crippen LogP contribution < -0.4 is 5.32 Å². The fraction of sp³-hybridized carbons (Fsp3) is 0.226. The highest BCUT2D eigenvalue weighted by Gasteiger charge is 2.24. The molecule has 0 saturated carbocycles. The minimum Gasteiger partial charge on any atom is -0.392 e. The molecule has 0 spiro atoms. The van der Waals surface area contributed by atoms with Crippen LogP contribution in [0.5, 0.6) is 0 Å². The molecule has 2 aliphatic heterocycles. The molecule has 4 heterocycles. The molecule has 2 aromatic heterocycles. The second-order valence-corrected chi connectivity index (χ2v) is 10.0. The van der Waals surface area contributed by atoms with Crippen molar-refractivity contribution in [1.82, 2.24) is 19.8 Å². The van der Waals surface area contributed by atoms with Gasteiger partial charge in [0.2, 0.25) is 5.91 Å². The highest BCUT2D eigenvalue weighted by molar-refractivity contribution is 5.98. The highest BCUT2D eigenvalue weighted by atomic mass is 16.3. The molecule has 2 aliphatic rings. The predicted octanol–water partition coefficient (Wildman–Crippen LogP) is 4.80. The van der Waals surface area contributed by atoms with Gasteiger partial charge >= 0.3 is 6.03 Å². The number of nitrogens with one attached hydrogen (secondary N) is 2. The fourth-order valence-electron chi connectivity index (χ4n) is 5.55. The lowest BCUT2D eigenvalue weighted by Crippen LogP contribution is -2.34. The SMILES string of the molecule is N#CCC(=O)N1CC=C(c2cc3c(-c4cccc(NC(=O)N5Cc6ccccc6C5)c4CO)ccnc3[nH]2)CC1. The molecule has 4 aromatic rings. The van der Waals surface area contributed by atoms with Crippen LogP contribution >= 0.6 is 0 Å². The van der Waals surface area contributed by atoms with Crippen molar-refractivity contribution in [3.05, 3.63) is 89.3 Å². The Morgan fingerprint density at radius 2 is 1.85 bits per heavy atom. The van der Waals surface area contributed by atoms with Crippen LogP contribution in [0.2, 0.25) is 0 Å². The van der Waals surface area contributed by atoms with Crippen molar-refractivity contribution < 1.29 is 14.7 Å². The lowest BCUT2D eigenvalue weighted by Gasteiger charge is -2.25. The number of H-pyrrole nitrogens is 1. The van der Waals surface area contributed by atoms with Crippen molar-refractivity contribution in [2.45, 2.75) is 32.5 Å². The zero-order valence-corrected chi connectivity index (χ0v) is 21.9. The Kier molecular flexibility index (Phi) is 6.76. The van der Waals surface area contributed by atoms with Gasteiger partial charge in [0.15, 0.2) is 0 Å². The summed E-state index contributed by atoms with van der Waals surface area (Å²) in [6, 6.07) is 19.3. The number of fused-ring (bicyclic) bond motifs is 2. The zero-order valence-electron chi connectivity index (χ0n) is 21.9. The minimum atomic E-state index is -0.245. The molecule has 3 N–H and O–H groups in total. The van der Waals surface area contributed by atoms with Gasteiger partial charge in [0.05, 0.1) is 12.7 Å². The lowest BCUT2D eigenvalue weighted by atomic mass is 9.96. The van der Waals surface area contributed by atoms with Gasteiger partial charge in [0.1, 0.15) is 12.1 Å². The van der Waals surface area contributed by atoms with Crippen LogP contribution in [0.15, 0.2) is 66.9 Å². The summed E-state index contributed by atoms with van der Waals surface area (Å²) in [5, 5.41) is 23.2. The average molecular weight is 533 g/mol. The number of pyridine rings is 1. The van der Waals surface area contributed by atoms with Gasteiger partial charge in [-0.2, -0.15) is 5.26 Å². The summed E-state index contributed by atoms with van der Waals surface area (Å²) in [5.74, 6) is -0.156. The number of hydrogen-bond donors (Lipinski definition) is 3. The number of rotatable bonds is 5. The van der Waals surface area contributed by atoms with E-state index in [-0.39, 0.29) is 25.0 Å². The van der Waals surface area contributed by atoms with E-state index in [2.05, 4.69) is 15.3 Å². The van der Waals surface area contributed by atoms with Crippen LogP contribution in [0.1, 0.15) is 35.2 Å². The number of aliphatic hydroxyl groups excluding tert-OH is 1. The third kappa shape index (κ3) is 4.70. The van der Waals surface area contributed by atoms with E-state index in [9.17, 15) is 14.7 Å². The van der Waals surface area contributed by atoms with Crippen molar-refractivity contribution in [1.29, 1.82) is 5.26 Å². The quantitative estimate of drug-likeness (QED) is 0.341. The van der Waals surface area contributed by atoms with Crippen LogP contribution in [0.25, 0.3) is 27.7 Å². The number of aliphatic hydroxyl groups is 1. The number of nitriles is 1. The summed E-state index contributed by atoms with van der Waals surface area (Å²) >= 11 is 0. The smallest absolute Gasteiger partial charge is 0.322 e. The molecule has 2 aromatic carbocycles. The van der Waals surface area contributed by atoms with E-state index in [1.807, 2.05) is 66.7 Å². The van der Waals surface area contributed by atoms with Gasteiger partial charge < -0.3 is 25.2 Å². The normalized spacial score (nSPS) is 14.6. The van der Waals surface area contributed by atoms with Gasteiger partial charge in [-0.05, 0) is 52.4 Å². The van der Waals surface area contributed by atoms with Crippen LogP contribution in [0.3, 0.4) is 0 Å². The Labute approximate surface area is 231 Å². The number of carbonyl (C=O) groups excluding carboxylic acids is 2. The molecule has 9 heteroatoms. The number of nitrogens with zero attached hydrogens (tertiary/aromatic N) is 4. The van der Waals surface area contributed by atoms with E-state index >= 15 is 0 Å². The molecule has 0 radical (unpaired) electrons. The molecule has 0 unspecified atom stereocenters. The Hall–Kier alpha value is -4.94. The number of hydrogen-bond acceptors (Lipinski definition) is 5. The molecular weight excluding hydrogens is 504 g/mol. The van der Waals surface area contributed by atoms with Gasteiger partial charge in [-0.1, -0.05) is 42.5 Å². The molecule has 40 heavy (non-hydrogen) atoms. The topological polar surface area (TPSA) is 125 Å². The van der Waals surface area contributed by atoms with Crippen molar-refractivity contribution in [3.8, 4) is 17.2 Å². The molecule has 0 atom stereocenters. The van der Waals surface area contributed by atoms with Crippen molar-refractivity contribution in [2.75, 3.05) is 18.4 Å². The molecular formula is C31H28N6O3. The summed E-state index contributed by atoms with van der Waals surface area (Å²) in [7, 11) is 0. The van der Waals surface area contributed by atoms with E-state index in [1.165, 1.54) is 0 Å². The maximum atomic E-state index is 13.2. The molecule has 6 rings (SSSR count). The summed E-state index contributed by atoms with van der Waals surface area (Å²) < 4.78 is 0. The second-order valence-electron chi connectivity index (χ2n) is 10.0. The van der Waals surface area contributed by atoms with Crippen LogP contribution in [-0.4, -0.2) is 49.9 Å². The number of aromatic nitrogens is 2. The van der Waals surface area contributed by atoms with E-state index < -0.39 is 0 Å². The maximum absolute atomic E-state index is 13.2. The van der Waals surface area contributed by atoms with E-state index in [4.69, 9.17) is 5.26 Å². The first kappa shape index (κ1) is 25.3. The van der Waals surface area contributed by atoms with Gasteiger partial charge in [-0.3, -0.25) is 4.79 Å². The van der Waals surface area contributed by atoms with E-state index in [0.29, 0.717) is 49.5 Å². The van der Waals surface area contributed by atoms with E-state index in [0.717, 1.165) is 38.9 Å². The molecule has 0 aliphatic carbocycles. The molecule has 9 nitrogen and oxygen atoms in total. The van der Waals surface area contributed by atoms with Gasteiger partial charge in [-0.15, -0.1) is 0 Å². The number of amides is 3. The average Bonchev–Trinajstić information content (AvgIpc) is 3.62. The first-order valence-corrected chi connectivity index (χ1v) is 13.2. The van der Waals surface area contributed by atoms with Crippen molar-refractivity contribution in [2.24, 2.45) is 0 Å². The standard InChI is InChI=1S/C31H28N6O3/c32-12-8-29(39)36-14-10-20(11-15-36)28-16-25-24(9-13-33-30(25)34-28)23-6-3-7-27(26(23)19-38)35-31(40)37-17-21-4-1-2-5-22(21)18-37/h1-7,9-10,13,16,38H,8,11,14-15,17-19H2,(H,33,34)(H,35,40). The first-order chi connectivity index (χ1) is 19.6. The third-order valence-corrected chi connectivity index (χ3v) is 7.66. The number of benzene rings is 2. The first-order valence-electron chi connectivity index (χ1n) is 13.2. The van der Waals surface area contributed by atoms with Gasteiger partial charge in [0, 0.05) is 54.7 Å². The molecule has 0 saturated heterocycles. The van der Waals surface area contributed by atoms with Crippen molar-refractivity contribution in [3.63, 3.8) is 0 Å². The largest absolute Gasteiger partial charge is 0.392 e. The number of anilines is 1. The summed E-state index contributed by atoms with van der Waals surface area (Å²) in [6.45, 7) is 1.87.